The molecule has 0 bridgehead atoms. The molecule has 0 spiro atoms. The number of amides is 1. The minimum atomic E-state index is -0.277. The molecule has 1 aliphatic rings. The SMILES string of the molecule is CN(CCCOc1ccc(F)cc1)C(=O)[C@H]1CCC[C@H]1N. The molecule has 2 atom stereocenters. The van der Waals surface area contributed by atoms with Crippen molar-refractivity contribution in [2.45, 2.75) is 31.7 Å². The van der Waals surface area contributed by atoms with Crippen LogP contribution in [0.25, 0.3) is 0 Å². The van der Waals surface area contributed by atoms with Crippen molar-refractivity contribution in [1.82, 2.24) is 4.90 Å². The Morgan fingerprint density at radius 1 is 1.38 bits per heavy atom. The van der Waals surface area contributed by atoms with Crippen LogP contribution in [0, 0.1) is 11.7 Å². The Balaban J connectivity index is 1.68. The zero-order chi connectivity index (χ0) is 15.2. The van der Waals surface area contributed by atoms with Crippen LogP contribution in [0.1, 0.15) is 25.7 Å². The van der Waals surface area contributed by atoms with Crippen molar-refractivity contribution in [2.75, 3.05) is 20.2 Å². The number of hydrogen-bond donors (Lipinski definition) is 1. The third kappa shape index (κ3) is 4.43. The molecule has 2 N–H and O–H groups in total. The minimum Gasteiger partial charge on any atom is -0.494 e. The van der Waals surface area contributed by atoms with Crippen LogP contribution in [0.15, 0.2) is 24.3 Å². The molecule has 1 aromatic carbocycles. The predicted molar refractivity (Wildman–Crippen MR) is 79.5 cm³/mol. The summed E-state index contributed by atoms with van der Waals surface area (Å²) in [4.78, 5) is 14.0. The molecule has 0 radical (unpaired) electrons. The van der Waals surface area contributed by atoms with E-state index in [-0.39, 0.29) is 23.7 Å². The number of ether oxygens (including phenoxy) is 1. The Morgan fingerprint density at radius 3 is 2.71 bits per heavy atom. The summed E-state index contributed by atoms with van der Waals surface area (Å²) in [5, 5.41) is 0. The number of halogens is 1. The molecule has 0 saturated heterocycles. The Kier molecular flexibility index (Phi) is 5.56. The van der Waals surface area contributed by atoms with Gasteiger partial charge in [-0.05, 0) is 43.5 Å². The summed E-state index contributed by atoms with van der Waals surface area (Å²) in [6.07, 6.45) is 3.62. The molecular weight excluding hydrogens is 271 g/mol. The van der Waals surface area contributed by atoms with Crippen LogP contribution >= 0.6 is 0 Å². The molecule has 1 amide bonds. The highest BCUT2D eigenvalue weighted by Crippen LogP contribution is 2.25. The lowest BCUT2D eigenvalue weighted by molar-refractivity contribution is -0.134. The lowest BCUT2D eigenvalue weighted by Gasteiger charge is -2.23. The minimum absolute atomic E-state index is 0.00964. The van der Waals surface area contributed by atoms with Gasteiger partial charge in [0.25, 0.3) is 0 Å². The molecule has 0 heterocycles. The largest absolute Gasteiger partial charge is 0.494 e. The number of rotatable bonds is 6. The smallest absolute Gasteiger partial charge is 0.226 e. The van der Waals surface area contributed by atoms with Crippen LogP contribution in [0.2, 0.25) is 0 Å². The molecular formula is C16H23FN2O2. The molecule has 0 aliphatic heterocycles. The van der Waals surface area contributed by atoms with E-state index in [0.717, 1.165) is 25.7 Å². The lowest BCUT2D eigenvalue weighted by Crippen LogP contribution is -2.40. The van der Waals surface area contributed by atoms with Gasteiger partial charge in [-0.2, -0.15) is 0 Å². The monoisotopic (exact) mass is 294 g/mol. The van der Waals surface area contributed by atoms with Gasteiger partial charge >= 0.3 is 0 Å². The summed E-state index contributed by atoms with van der Waals surface area (Å²) in [7, 11) is 1.81. The second-order valence-electron chi connectivity index (χ2n) is 5.62. The zero-order valence-corrected chi connectivity index (χ0v) is 12.4. The van der Waals surface area contributed by atoms with Crippen molar-refractivity contribution in [3.8, 4) is 5.75 Å². The van der Waals surface area contributed by atoms with E-state index in [1.807, 2.05) is 7.05 Å². The van der Waals surface area contributed by atoms with E-state index in [9.17, 15) is 9.18 Å². The number of carbonyl (C=O) groups excluding carboxylic acids is 1. The molecule has 0 aromatic heterocycles. The van der Waals surface area contributed by atoms with E-state index in [2.05, 4.69) is 0 Å². The fourth-order valence-corrected chi connectivity index (χ4v) is 2.71. The van der Waals surface area contributed by atoms with Crippen molar-refractivity contribution >= 4 is 5.91 Å². The van der Waals surface area contributed by atoms with Gasteiger partial charge in [0.1, 0.15) is 11.6 Å². The first-order chi connectivity index (χ1) is 10.1. The van der Waals surface area contributed by atoms with Gasteiger partial charge in [0.2, 0.25) is 5.91 Å². The normalized spacial score (nSPS) is 21.3. The first-order valence-electron chi connectivity index (χ1n) is 7.47. The summed E-state index contributed by atoms with van der Waals surface area (Å²) in [6, 6.07) is 5.94. The molecule has 1 fully saturated rings. The third-order valence-electron chi connectivity index (χ3n) is 3.98. The van der Waals surface area contributed by atoms with Gasteiger partial charge in [0.05, 0.1) is 12.5 Å². The fraction of sp³-hybridized carbons (Fsp3) is 0.562. The maximum Gasteiger partial charge on any atom is 0.226 e. The average molecular weight is 294 g/mol. The van der Waals surface area contributed by atoms with Crippen molar-refractivity contribution in [2.24, 2.45) is 11.7 Å². The van der Waals surface area contributed by atoms with Crippen LogP contribution in [-0.2, 0) is 4.79 Å². The van der Waals surface area contributed by atoms with Crippen LogP contribution in [0.3, 0.4) is 0 Å². The molecule has 1 aliphatic carbocycles. The molecule has 1 aromatic rings. The van der Waals surface area contributed by atoms with E-state index < -0.39 is 0 Å². The number of nitrogens with zero attached hydrogens (tertiary/aromatic N) is 1. The van der Waals surface area contributed by atoms with Gasteiger partial charge in [0.15, 0.2) is 0 Å². The van der Waals surface area contributed by atoms with Crippen LogP contribution in [0.5, 0.6) is 5.75 Å². The first-order valence-corrected chi connectivity index (χ1v) is 7.47. The lowest BCUT2D eigenvalue weighted by atomic mass is 10.0. The highest BCUT2D eigenvalue weighted by Gasteiger charge is 2.31. The third-order valence-corrected chi connectivity index (χ3v) is 3.98. The quantitative estimate of drug-likeness (QED) is 0.818. The maximum atomic E-state index is 12.7. The second-order valence-corrected chi connectivity index (χ2v) is 5.62. The summed E-state index contributed by atoms with van der Waals surface area (Å²) >= 11 is 0. The molecule has 4 nitrogen and oxygen atoms in total. The fourth-order valence-electron chi connectivity index (χ4n) is 2.71. The van der Waals surface area contributed by atoms with Gasteiger partial charge in [-0.15, -0.1) is 0 Å². The van der Waals surface area contributed by atoms with Crippen molar-refractivity contribution in [1.29, 1.82) is 0 Å². The van der Waals surface area contributed by atoms with E-state index >= 15 is 0 Å². The van der Waals surface area contributed by atoms with E-state index in [1.54, 1.807) is 17.0 Å². The molecule has 2 rings (SSSR count). The van der Waals surface area contributed by atoms with Gasteiger partial charge in [-0.25, -0.2) is 4.39 Å². The topological polar surface area (TPSA) is 55.6 Å². The van der Waals surface area contributed by atoms with Gasteiger partial charge in [-0.3, -0.25) is 4.79 Å². The maximum absolute atomic E-state index is 12.7. The standard InChI is InChI=1S/C16H23FN2O2/c1-19(16(20)14-4-2-5-15(14)18)10-3-11-21-13-8-6-12(17)7-9-13/h6-9,14-15H,2-5,10-11,18H2,1H3/t14-,15+/m0/s1. The molecule has 116 valence electrons. The van der Waals surface area contributed by atoms with E-state index in [1.165, 1.54) is 12.1 Å². The van der Waals surface area contributed by atoms with Crippen molar-refractivity contribution < 1.29 is 13.9 Å². The van der Waals surface area contributed by atoms with E-state index in [0.29, 0.717) is 18.9 Å². The number of carbonyl (C=O) groups is 1. The first kappa shape index (κ1) is 15.8. The average Bonchev–Trinajstić information content (AvgIpc) is 2.90. The summed E-state index contributed by atoms with van der Waals surface area (Å²) in [5.41, 5.74) is 5.96. The number of hydrogen-bond acceptors (Lipinski definition) is 3. The Bertz CT molecular complexity index is 464. The van der Waals surface area contributed by atoms with Crippen LogP contribution < -0.4 is 10.5 Å². The summed E-state index contributed by atoms with van der Waals surface area (Å²) < 4.78 is 18.2. The Hall–Kier alpha value is -1.62. The zero-order valence-electron chi connectivity index (χ0n) is 12.4. The predicted octanol–water partition coefficient (Wildman–Crippen LogP) is 2.18. The van der Waals surface area contributed by atoms with E-state index in [4.69, 9.17) is 10.5 Å². The van der Waals surface area contributed by atoms with Crippen molar-refractivity contribution in [3.63, 3.8) is 0 Å². The van der Waals surface area contributed by atoms with Gasteiger partial charge in [0, 0.05) is 19.6 Å². The molecule has 5 heteroatoms. The summed E-state index contributed by atoms with van der Waals surface area (Å²) in [5.74, 6) is 0.485. The Morgan fingerprint density at radius 2 is 2.10 bits per heavy atom. The van der Waals surface area contributed by atoms with Crippen LogP contribution in [0.4, 0.5) is 4.39 Å². The highest BCUT2D eigenvalue weighted by molar-refractivity contribution is 5.79. The molecule has 1 saturated carbocycles. The van der Waals surface area contributed by atoms with Crippen LogP contribution in [-0.4, -0.2) is 37.0 Å². The second kappa shape index (κ2) is 7.41. The van der Waals surface area contributed by atoms with Gasteiger partial charge < -0.3 is 15.4 Å². The van der Waals surface area contributed by atoms with Gasteiger partial charge in [-0.1, -0.05) is 6.42 Å². The molecule has 21 heavy (non-hydrogen) atoms. The number of benzene rings is 1. The van der Waals surface area contributed by atoms with Crippen molar-refractivity contribution in [3.05, 3.63) is 30.1 Å². The Labute approximate surface area is 125 Å². The number of nitrogens with two attached hydrogens (primary N) is 1. The highest BCUT2D eigenvalue weighted by atomic mass is 19.1. The summed E-state index contributed by atoms with van der Waals surface area (Å²) in [6.45, 7) is 1.14. The molecule has 0 unspecified atom stereocenters.